The molecular weight excluding hydrogens is 280 g/mol. The summed E-state index contributed by atoms with van der Waals surface area (Å²) in [5.41, 5.74) is 1.90. The lowest BCUT2D eigenvalue weighted by atomic mass is 9.82. The van der Waals surface area contributed by atoms with Gasteiger partial charge < -0.3 is 14.9 Å². The van der Waals surface area contributed by atoms with E-state index in [0.29, 0.717) is 25.2 Å². The average molecular weight is 308 g/mol. The summed E-state index contributed by atoms with van der Waals surface area (Å²) in [5.74, 6) is 1.37. The van der Waals surface area contributed by atoms with Crippen LogP contribution in [0.3, 0.4) is 0 Å². The third-order valence-corrected chi connectivity index (χ3v) is 4.79. The molecule has 0 bridgehead atoms. The zero-order valence-corrected chi connectivity index (χ0v) is 13.7. The molecule has 1 aromatic heterocycles. The molecule has 2 rings (SSSR count). The molecule has 1 fully saturated rings. The summed E-state index contributed by atoms with van der Waals surface area (Å²) in [7, 11) is 0. The van der Waals surface area contributed by atoms with Crippen LogP contribution in [0.4, 0.5) is 0 Å². The van der Waals surface area contributed by atoms with Crippen LogP contribution in [0.25, 0.3) is 0 Å². The van der Waals surface area contributed by atoms with Crippen molar-refractivity contribution in [3.05, 3.63) is 17.0 Å². The number of aliphatic hydroxyl groups is 1. The maximum Gasteiger partial charge on any atom is 0.220 e. The van der Waals surface area contributed by atoms with Crippen molar-refractivity contribution in [2.45, 2.75) is 71.3 Å². The minimum absolute atomic E-state index is 0.0593. The lowest BCUT2D eigenvalue weighted by molar-refractivity contribution is -0.122. The quantitative estimate of drug-likeness (QED) is 0.812. The monoisotopic (exact) mass is 308 g/mol. The maximum absolute atomic E-state index is 12.2. The van der Waals surface area contributed by atoms with Gasteiger partial charge in [0.2, 0.25) is 5.91 Å². The molecule has 0 aromatic carbocycles. The van der Waals surface area contributed by atoms with Crippen LogP contribution in [-0.4, -0.2) is 28.8 Å². The van der Waals surface area contributed by atoms with Gasteiger partial charge in [0.05, 0.1) is 5.69 Å². The highest BCUT2D eigenvalue weighted by atomic mass is 16.5. The first kappa shape index (κ1) is 17.0. The maximum atomic E-state index is 12.2. The van der Waals surface area contributed by atoms with Gasteiger partial charge in [-0.15, -0.1) is 0 Å². The molecule has 5 heteroatoms. The van der Waals surface area contributed by atoms with Gasteiger partial charge in [-0.05, 0) is 45.4 Å². The second kappa shape index (κ2) is 8.32. The summed E-state index contributed by atoms with van der Waals surface area (Å²) in [6.07, 6.45) is 7.85. The van der Waals surface area contributed by atoms with E-state index >= 15 is 0 Å². The van der Waals surface area contributed by atoms with Gasteiger partial charge in [0.25, 0.3) is 0 Å². The van der Waals surface area contributed by atoms with Crippen molar-refractivity contribution >= 4 is 5.91 Å². The van der Waals surface area contributed by atoms with Crippen LogP contribution in [0.1, 0.15) is 62.0 Å². The lowest BCUT2D eigenvalue weighted by Crippen LogP contribution is -2.41. The first-order valence-corrected chi connectivity index (χ1v) is 8.43. The molecular formula is C17H28N2O3. The summed E-state index contributed by atoms with van der Waals surface area (Å²) in [4.78, 5) is 12.2. The zero-order valence-electron chi connectivity index (χ0n) is 13.7. The number of aliphatic hydroxyl groups excluding tert-OH is 1. The third-order valence-electron chi connectivity index (χ3n) is 4.79. The van der Waals surface area contributed by atoms with E-state index in [1.807, 2.05) is 13.8 Å². The molecule has 1 aliphatic carbocycles. The van der Waals surface area contributed by atoms with E-state index in [9.17, 15) is 9.90 Å². The smallest absolute Gasteiger partial charge is 0.220 e. The molecule has 22 heavy (non-hydrogen) atoms. The molecule has 1 saturated carbocycles. The largest absolute Gasteiger partial charge is 0.396 e. The Balaban J connectivity index is 1.85. The van der Waals surface area contributed by atoms with Crippen molar-refractivity contribution in [1.82, 2.24) is 10.5 Å². The average Bonchev–Trinajstić information content (AvgIpc) is 2.84. The van der Waals surface area contributed by atoms with Gasteiger partial charge in [-0.3, -0.25) is 4.79 Å². The van der Waals surface area contributed by atoms with Gasteiger partial charge in [0.15, 0.2) is 0 Å². The number of amides is 1. The van der Waals surface area contributed by atoms with Crippen LogP contribution in [0.5, 0.6) is 0 Å². The molecule has 1 aromatic rings. The highest BCUT2D eigenvalue weighted by Gasteiger charge is 2.24. The van der Waals surface area contributed by atoms with Crippen molar-refractivity contribution in [1.29, 1.82) is 0 Å². The molecule has 1 atom stereocenters. The molecule has 1 unspecified atom stereocenters. The van der Waals surface area contributed by atoms with Crippen molar-refractivity contribution in [2.75, 3.05) is 6.61 Å². The number of aromatic nitrogens is 1. The van der Waals surface area contributed by atoms with E-state index < -0.39 is 0 Å². The predicted octanol–water partition coefficient (Wildman–Crippen LogP) is 2.67. The van der Waals surface area contributed by atoms with Crippen LogP contribution >= 0.6 is 0 Å². The molecule has 0 radical (unpaired) electrons. The molecule has 1 amide bonds. The Hall–Kier alpha value is -1.36. The van der Waals surface area contributed by atoms with E-state index in [4.69, 9.17) is 4.52 Å². The van der Waals surface area contributed by atoms with Gasteiger partial charge in [0.1, 0.15) is 5.76 Å². The Kier molecular flexibility index (Phi) is 6.43. The number of rotatable bonds is 7. The van der Waals surface area contributed by atoms with E-state index in [-0.39, 0.29) is 18.6 Å². The van der Waals surface area contributed by atoms with Gasteiger partial charge >= 0.3 is 0 Å². The van der Waals surface area contributed by atoms with Gasteiger partial charge in [-0.2, -0.15) is 0 Å². The van der Waals surface area contributed by atoms with Crippen molar-refractivity contribution in [3.8, 4) is 0 Å². The molecule has 5 nitrogen and oxygen atoms in total. The first-order chi connectivity index (χ1) is 10.6. The minimum Gasteiger partial charge on any atom is -0.396 e. The van der Waals surface area contributed by atoms with E-state index in [1.54, 1.807) is 0 Å². The minimum atomic E-state index is 0.0593. The van der Waals surface area contributed by atoms with Crippen molar-refractivity contribution in [2.24, 2.45) is 5.92 Å². The van der Waals surface area contributed by atoms with Crippen LogP contribution in [-0.2, 0) is 11.2 Å². The van der Waals surface area contributed by atoms with Crippen LogP contribution < -0.4 is 5.32 Å². The topological polar surface area (TPSA) is 75.4 Å². The Bertz CT molecular complexity index is 459. The fourth-order valence-corrected chi connectivity index (χ4v) is 3.48. The number of aryl methyl sites for hydroxylation is 2. The molecule has 0 aliphatic heterocycles. The fourth-order valence-electron chi connectivity index (χ4n) is 3.48. The van der Waals surface area contributed by atoms with E-state index in [0.717, 1.165) is 29.9 Å². The number of hydrogen-bond donors (Lipinski definition) is 2. The first-order valence-electron chi connectivity index (χ1n) is 8.43. The lowest BCUT2D eigenvalue weighted by Gasteiger charge is -2.30. The second-order valence-electron chi connectivity index (χ2n) is 6.39. The second-order valence-corrected chi connectivity index (χ2v) is 6.39. The molecule has 1 aliphatic rings. The molecule has 0 saturated heterocycles. The summed E-state index contributed by atoms with van der Waals surface area (Å²) < 4.78 is 5.13. The van der Waals surface area contributed by atoms with E-state index in [2.05, 4.69) is 10.5 Å². The Morgan fingerprint density at radius 3 is 2.68 bits per heavy atom. The number of carbonyl (C=O) groups is 1. The highest BCUT2D eigenvalue weighted by molar-refractivity contribution is 5.76. The standard InChI is InChI=1S/C17H28N2O3/c1-12-15(13(2)22-19-12)8-9-17(21)18-16(10-11-20)14-6-4-3-5-7-14/h14,16,20H,3-11H2,1-2H3,(H,18,21). The highest BCUT2D eigenvalue weighted by Crippen LogP contribution is 2.27. The predicted molar refractivity (Wildman–Crippen MR) is 84.5 cm³/mol. The SMILES string of the molecule is Cc1noc(C)c1CCC(=O)NC(CCO)C1CCCCC1. The van der Waals surface area contributed by atoms with E-state index in [1.165, 1.54) is 19.3 Å². The molecule has 124 valence electrons. The molecule has 2 N–H and O–H groups in total. The Labute approximate surface area is 132 Å². The summed E-state index contributed by atoms with van der Waals surface area (Å²) in [6, 6.07) is 0.113. The number of nitrogens with one attached hydrogen (secondary N) is 1. The van der Waals surface area contributed by atoms with Gasteiger partial charge in [-0.1, -0.05) is 24.4 Å². The number of nitrogens with zero attached hydrogens (tertiary/aromatic N) is 1. The van der Waals surface area contributed by atoms with Crippen LogP contribution in [0, 0.1) is 19.8 Å². The van der Waals surface area contributed by atoms with Gasteiger partial charge in [-0.25, -0.2) is 0 Å². The summed E-state index contributed by atoms with van der Waals surface area (Å²) in [6.45, 7) is 3.91. The summed E-state index contributed by atoms with van der Waals surface area (Å²) in [5, 5.41) is 16.3. The van der Waals surface area contributed by atoms with Gasteiger partial charge in [0, 0.05) is 24.6 Å². The van der Waals surface area contributed by atoms with Crippen LogP contribution in [0.15, 0.2) is 4.52 Å². The summed E-state index contributed by atoms with van der Waals surface area (Å²) >= 11 is 0. The number of carbonyl (C=O) groups excluding carboxylic acids is 1. The number of hydrogen-bond acceptors (Lipinski definition) is 4. The fraction of sp³-hybridized carbons (Fsp3) is 0.765. The van der Waals surface area contributed by atoms with Crippen molar-refractivity contribution < 1.29 is 14.4 Å². The Morgan fingerprint density at radius 2 is 2.09 bits per heavy atom. The normalized spacial score (nSPS) is 17.4. The van der Waals surface area contributed by atoms with Crippen molar-refractivity contribution in [3.63, 3.8) is 0 Å². The van der Waals surface area contributed by atoms with Crippen LogP contribution in [0.2, 0.25) is 0 Å². The molecule has 0 spiro atoms. The third kappa shape index (κ3) is 4.57. The molecule has 1 heterocycles. The zero-order chi connectivity index (χ0) is 15.9. The Morgan fingerprint density at radius 1 is 1.36 bits per heavy atom.